The molecule has 0 radical (unpaired) electrons. The van der Waals surface area contributed by atoms with Gasteiger partial charge in [0, 0.05) is 9.57 Å². The lowest BCUT2D eigenvalue weighted by Gasteiger charge is -2.05. The van der Waals surface area contributed by atoms with Gasteiger partial charge < -0.3 is 14.9 Å². The predicted molar refractivity (Wildman–Crippen MR) is 87.6 cm³/mol. The van der Waals surface area contributed by atoms with Crippen molar-refractivity contribution in [1.82, 2.24) is 20.2 Å². The number of hydrogen-bond donors (Lipinski definition) is 1. The molecule has 24 heavy (non-hydrogen) atoms. The van der Waals surface area contributed by atoms with Gasteiger partial charge in [0.15, 0.2) is 6.61 Å². The van der Waals surface area contributed by atoms with E-state index in [9.17, 15) is 14.9 Å². The third-order valence-corrected chi connectivity index (χ3v) is 3.11. The molecule has 1 N–H and O–H groups in total. The molecule has 126 valence electrons. The van der Waals surface area contributed by atoms with Gasteiger partial charge in [-0.25, -0.2) is 5.43 Å². The Morgan fingerprint density at radius 3 is 3.00 bits per heavy atom. The molecular formula is C13H13BrN6O4. The number of aromatic nitrogens is 3. The number of hydrogen-bond acceptors (Lipinski definition) is 7. The Balaban J connectivity index is 1.80. The smallest absolute Gasteiger partial charge is 0.484 e. The zero-order chi connectivity index (χ0) is 17.5. The molecule has 0 aliphatic rings. The molecule has 1 aromatic carbocycles. The quantitative estimate of drug-likeness (QED) is 0.429. The first-order chi connectivity index (χ1) is 11.4. The van der Waals surface area contributed by atoms with E-state index < -0.39 is 16.8 Å². The van der Waals surface area contributed by atoms with Crippen molar-refractivity contribution in [2.24, 2.45) is 5.10 Å². The van der Waals surface area contributed by atoms with Crippen LogP contribution in [0.3, 0.4) is 0 Å². The maximum Gasteiger partial charge on any atom is 0.490 e. The average molecular weight is 397 g/mol. The summed E-state index contributed by atoms with van der Waals surface area (Å²) in [5, 5.41) is 18.0. The lowest BCUT2D eigenvalue weighted by Crippen LogP contribution is -2.26. The van der Waals surface area contributed by atoms with E-state index in [1.165, 1.54) is 11.0 Å². The number of carbonyl (C=O) groups is 1. The lowest BCUT2D eigenvalue weighted by molar-refractivity contribution is -0.394. The largest absolute Gasteiger partial charge is 0.490 e. The first kappa shape index (κ1) is 17.5. The van der Waals surface area contributed by atoms with E-state index in [0.717, 1.165) is 4.47 Å². The van der Waals surface area contributed by atoms with Gasteiger partial charge in [-0.1, -0.05) is 27.0 Å². The molecule has 0 saturated heterocycles. The average Bonchev–Trinajstić information content (AvgIpc) is 3.00. The van der Waals surface area contributed by atoms with Crippen LogP contribution in [0.5, 0.6) is 5.75 Å². The molecule has 10 nitrogen and oxygen atoms in total. The molecule has 0 spiro atoms. The zero-order valence-corrected chi connectivity index (χ0v) is 14.1. The van der Waals surface area contributed by atoms with Crippen molar-refractivity contribution in [3.63, 3.8) is 0 Å². The second kappa shape index (κ2) is 8.15. The number of nitrogens with one attached hydrogen (secondary N) is 1. The number of nitrogens with zero attached hydrogens (tertiary/aromatic N) is 5. The van der Waals surface area contributed by atoms with Crippen molar-refractivity contribution in [2.75, 3.05) is 6.61 Å². The Hall–Kier alpha value is -2.82. The van der Waals surface area contributed by atoms with Gasteiger partial charge in [-0.3, -0.25) is 4.79 Å². The summed E-state index contributed by atoms with van der Waals surface area (Å²) in [6, 6.07) is 7.09. The zero-order valence-electron chi connectivity index (χ0n) is 12.5. The van der Waals surface area contributed by atoms with Crippen molar-refractivity contribution >= 4 is 33.5 Å². The molecule has 11 heteroatoms. The maximum atomic E-state index is 11.7. The van der Waals surface area contributed by atoms with Gasteiger partial charge in [-0.05, 0) is 30.0 Å². The van der Waals surface area contributed by atoms with Crippen molar-refractivity contribution in [1.29, 1.82) is 0 Å². The summed E-state index contributed by atoms with van der Waals surface area (Å²) >= 11 is 3.30. The molecule has 0 unspecified atom stereocenters. The van der Waals surface area contributed by atoms with Gasteiger partial charge in [0.05, 0.1) is 12.3 Å². The fraction of sp³-hybridized carbons (Fsp3) is 0.231. The molecule has 1 aromatic heterocycles. The van der Waals surface area contributed by atoms with Crippen LogP contribution < -0.4 is 10.2 Å². The number of halogens is 1. The Bertz CT molecular complexity index is 775. The Kier molecular flexibility index (Phi) is 5.95. The summed E-state index contributed by atoms with van der Waals surface area (Å²) in [6.45, 7) is 1.61. The molecule has 0 atom stereocenters. The van der Waals surface area contributed by atoms with Gasteiger partial charge in [-0.2, -0.15) is 9.78 Å². The number of rotatable bonds is 7. The van der Waals surface area contributed by atoms with Crippen LogP contribution in [0.4, 0.5) is 5.95 Å². The molecular weight excluding hydrogens is 384 g/mol. The fourth-order valence-corrected chi connectivity index (χ4v) is 1.99. The van der Waals surface area contributed by atoms with Gasteiger partial charge in [0.2, 0.25) is 6.33 Å². The highest BCUT2D eigenvalue weighted by Gasteiger charge is 2.13. The number of nitro groups is 1. The highest BCUT2D eigenvalue weighted by atomic mass is 79.9. The standard InChI is InChI=1S/C13H13BrN6O4/c1-9(6-19-8-15-13(18-19)20(22)23)16-17-12(21)7-24-11-4-2-3-10(14)5-11/h2-5,8H,6-7H2,1H3,(H,17,21)/b16-9+. The van der Waals surface area contributed by atoms with Crippen molar-refractivity contribution in [3.8, 4) is 5.75 Å². The molecule has 2 rings (SSSR count). The van der Waals surface area contributed by atoms with E-state index in [2.05, 4.69) is 36.5 Å². The summed E-state index contributed by atoms with van der Waals surface area (Å²) in [5.41, 5.74) is 2.83. The van der Waals surface area contributed by atoms with E-state index in [0.29, 0.717) is 11.5 Å². The van der Waals surface area contributed by atoms with Crippen LogP contribution in [-0.2, 0) is 11.3 Å². The number of hydrazone groups is 1. The van der Waals surface area contributed by atoms with E-state index >= 15 is 0 Å². The minimum absolute atomic E-state index is 0.160. The van der Waals surface area contributed by atoms with E-state index in [1.54, 1.807) is 25.1 Å². The number of amides is 1. The van der Waals surface area contributed by atoms with Crippen LogP contribution in [0.15, 0.2) is 40.2 Å². The highest BCUT2D eigenvalue weighted by Crippen LogP contribution is 2.17. The summed E-state index contributed by atoms with van der Waals surface area (Å²) in [4.78, 5) is 25.0. The van der Waals surface area contributed by atoms with Crippen LogP contribution in [0.2, 0.25) is 0 Å². The number of carbonyl (C=O) groups excluding carboxylic acids is 1. The lowest BCUT2D eigenvalue weighted by atomic mass is 10.3. The molecule has 0 saturated carbocycles. The summed E-state index contributed by atoms with van der Waals surface area (Å²) in [5.74, 6) is -0.372. The normalized spacial score (nSPS) is 11.2. The van der Waals surface area contributed by atoms with Crippen LogP contribution in [0, 0.1) is 10.1 Å². The van der Waals surface area contributed by atoms with Crippen molar-refractivity contribution in [2.45, 2.75) is 13.5 Å². The van der Waals surface area contributed by atoms with Crippen LogP contribution in [-0.4, -0.2) is 37.9 Å². The number of ether oxygens (including phenoxy) is 1. The topological polar surface area (TPSA) is 125 Å². The first-order valence-corrected chi connectivity index (χ1v) is 7.47. The molecule has 0 aliphatic heterocycles. The predicted octanol–water partition coefficient (Wildman–Crippen LogP) is 1.52. The van der Waals surface area contributed by atoms with Crippen molar-refractivity contribution in [3.05, 3.63) is 45.2 Å². The van der Waals surface area contributed by atoms with Crippen LogP contribution in [0.25, 0.3) is 0 Å². The van der Waals surface area contributed by atoms with Crippen LogP contribution in [0.1, 0.15) is 6.92 Å². The van der Waals surface area contributed by atoms with Gasteiger partial charge in [0.25, 0.3) is 5.91 Å². The summed E-state index contributed by atoms with van der Waals surface area (Å²) in [7, 11) is 0. The van der Waals surface area contributed by atoms with Gasteiger partial charge in [0.1, 0.15) is 5.75 Å². The molecule has 2 aromatic rings. The van der Waals surface area contributed by atoms with Crippen LogP contribution >= 0.6 is 15.9 Å². The Labute approximate surface area is 144 Å². The molecule has 1 heterocycles. The SMILES string of the molecule is C/C(Cn1cnc([N+](=O)[O-])n1)=N\NC(=O)COc1cccc(Br)c1. The third-order valence-electron chi connectivity index (χ3n) is 2.62. The minimum atomic E-state index is -0.690. The monoisotopic (exact) mass is 396 g/mol. The molecule has 0 aliphatic carbocycles. The molecule has 0 fully saturated rings. The molecule has 1 amide bonds. The van der Waals surface area contributed by atoms with E-state index in [-0.39, 0.29) is 13.2 Å². The second-order valence-corrected chi connectivity index (χ2v) is 5.54. The van der Waals surface area contributed by atoms with E-state index in [1.807, 2.05) is 6.07 Å². The third kappa shape index (κ3) is 5.43. The Morgan fingerprint density at radius 1 is 1.54 bits per heavy atom. The van der Waals surface area contributed by atoms with Crippen molar-refractivity contribution < 1.29 is 14.5 Å². The summed E-state index contributed by atoms with van der Waals surface area (Å²) < 4.78 is 7.41. The number of benzene rings is 1. The first-order valence-electron chi connectivity index (χ1n) is 6.68. The minimum Gasteiger partial charge on any atom is -0.484 e. The summed E-state index contributed by atoms with van der Waals surface area (Å²) in [6.07, 6.45) is 1.22. The van der Waals surface area contributed by atoms with Gasteiger partial charge >= 0.3 is 5.95 Å². The molecule has 0 bridgehead atoms. The van der Waals surface area contributed by atoms with Gasteiger partial charge in [-0.15, -0.1) is 0 Å². The Morgan fingerprint density at radius 2 is 2.33 bits per heavy atom. The second-order valence-electron chi connectivity index (χ2n) is 4.63. The highest BCUT2D eigenvalue weighted by molar-refractivity contribution is 9.10. The van der Waals surface area contributed by atoms with E-state index in [4.69, 9.17) is 4.74 Å². The maximum absolute atomic E-state index is 11.7. The fourth-order valence-electron chi connectivity index (χ4n) is 1.61.